The van der Waals surface area contributed by atoms with Crippen molar-refractivity contribution >= 4 is 23.3 Å². The lowest BCUT2D eigenvalue weighted by molar-refractivity contribution is 0.0599. The van der Waals surface area contributed by atoms with Crippen molar-refractivity contribution in [3.8, 4) is 0 Å². The van der Waals surface area contributed by atoms with Gasteiger partial charge in [0.25, 0.3) is 5.91 Å². The number of ether oxygens (including phenoxy) is 2. The molecule has 27 heavy (non-hydrogen) atoms. The Bertz CT molecular complexity index is 820. The van der Waals surface area contributed by atoms with Gasteiger partial charge in [0.1, 0.15) is 5.69 Å². The van der Waals surface area contributed by atoms with E-state index < -0.39 is 5.97 Å². The van der Waals surface area contributed by atoms with Crippen molar-refractivity contribution in [1.29, 1.82) is 0 Å². The van der Waals surface area contributed by atoms with E-state index >= 15 is 0 Å². The average Bonchev–Trinajstić information content (AvgIpc) is 3.05. The van der Waals surface area contributed by atoms with Crippen molar-refractivity contribution in [2.45, 2.75) is 20.3 Å². The quantitative estimate of drug-likeness (QED) is 0.790. The van der Waals surface area contributed by atoms with Gasteiger partial charge in [0.15, 0.2) is 0 Å². The fraction of sp³-hybridized carbons (Fsp3) is 0.400. The monoisotopic (exact) mass is 371 g/mol. The van der Waals surface area contributed by atoms with Crippen LogP contribution in [0, 0.1) is 6.92 Å². The van der Waals surface area contributed by atoms with Crippen LogP contribution in [0.25, 0.3) is 0 Å². The van der Waals surface area contributed by atoms with E-state index in [1.54, 1.807) is 6.92 Å². The first-order valence-corrected chi connectivity index (χ1v) is 9.09. The normalized spacial score (nSPS) is 14.1. The van der Waals surface area contributed by atoms with Crippen LogP contribution in [0.4, 0.5) is 11.4 Å². The van der Waals surface area contributed by atoms with Crippen molar-refractivity contribution in [1.82, 2.24) is 4.98 Å². The van der Waals surface area contributed by atoms with Gasteiger partial charge in [-0.15, -0.1) is 0 Å². The average molecular weight is 371 g/mol. The highest BCUT2D eigenvalue weighted by Crippen LogP contribution is 2.23. The molecule has 7 heteroatoms. The van der Waals surface area contributed by atoms with Crippen LogP contribution in [-0.4, -0.2) is 50.3 Å². The molecule has 1 amide bonds. The summed E-state index contributed by atoms with van der Waals surface area (Å²) < 4.78 is 10.2. The molecule has 1 aromatic carbocycles. The summed E-state index contributed by atoms with van der Waals surface area (Å²) in [7, 11) is 1.34. The molecule has 0 aliphatic carbocycles. The number of H-pyrrole nitrogens is 1. The van der Waals surface area contributed by atoms with Gasteiger partial charge in [-0.2, -0.15) is 0 Å². The van der Waals surface area contributed by atoms with E-state index in [2.05, 4.69) is 15.2 Å². The van der Waals surface area contributed by atoms with Gasteiger partial charge in [-0.25, -0.2) is 4.79 Å². The molecular weight excluding hydrogens is 346 g/mol. The van der Waals surface area contributed by atoms with E-state index in [1.165, 1.54) is 7.11 Å². The highest BCUT2D eigenvalue weighted by molar-refractivity contribution is 6.06. The summed E-state index contributed by atoms with van der Waals surface area (Å²) in [5.74, 6) is -0.717. The third-order valence-corrected chi connectivity index (χ3v) is 4.80. The van der Waals surface area contributed by atoms with Gasteiger partial charge < -0.3 is 24.7 Å². The molecule has 1 aliphatic rings. The van der Waals surface area contributed by atoms with E-state index in [9.17, 15) is 9.59 Å². The number of nitrogens with zero attached hydrogens (tertiary/aromatic N) is 1. The molecule has 2 aromatic rings. The number of hydrogen-bond acceptors (Lipinski definition) is 5. The fourth-order valence-corrected chi connectivity index (χ4v) is 3.30. The van der Waals surface area contributed by atoms with Gasteiger partial charge in [-0.3, -0.25) is 4.79 Å². The van der Waals surface area contributed by atoms with E-state index in [4.69, 9.17) is 9.47 Å². The molecule has 2 N–H and O–H groups in total. The first kappa shape index (κ1) is 19.0. The minimum atomic E-state index is -0.436. The number of rotatable bonds is 5. The summed E-state index contributed by atoms with van der Waals surface area (Å²) in [6.07, 6.45) is 0.604. The van der Waals surface area contributed by atoms with Crippen LogP contribution in [0.3, 0.4) is 0 Å². The maximum absolute atomic E-state index is 12.7. The molecule has 0 unspecified atom stereocenters. The molecule has 1 saturated heterocycles. The standard InChI is InChI=1S/C20H25N3O4/c1-4-16-17(20(25)26-3)13(2)18(22-16)19(24)21-14-5-7-15(8-6-14)23-9-11-27-12-10-23/h5-8,22H,4,9-12H2,1-3H3,(H,21,24). The third-order valence-electron chi connectivity index (χ3n) is 4.80. The number of amides is 1. The van der Waals surface area contributed by atoms with Gasteiger partial charge in [0.05, 0.1) is 25.9 Å². The first-order chi connectivity index (χ1) is 13.0. The zero-order valence-corrected chi connectivity index (χ0v) is 15.9. The number of methoxy groups -OCH3 is 1. The van der Waals surface area contributed by atoms with Crippen LogP contribution in [0.1, 0.15) is 39.0 Å². The molecule has 1 aliphatic heterocycles. The van der Waals surface area contributed by atoms with Gasteiger partial charge >= 0.3 is 5.97 Å². The molecule has 144 valence electrons. The minimum Gasteiger partial charge on any atom is -0.465 e. The van der Waals surface area contributed by atoms with E-state index in [1.807, 2.05) is 31.2 Å². The highest BCUT2D eigenvalue weighted by atomic mass is 16.5. The van der Waals surface area contributed by atoms with Crippen molar-refractivity contribution in [2.75, 3.05) is 43.6 Å². The Labute approximate surface area is 158 Å². The summed E-state index contributed by atoms with van der Waals surface area (Å²) in [6.45, 7) is 6.86. The number of hydrogen-bond donors (Lipinski definition) is 2. The number of esters is 1. The molecule has 1 fully saturated rings. The van der Waals surface area contributed by atoms with E-state index in [0.717, 1.165) is 32.0 Å². The number of aromatic nitrogens is 1. The van der Waals surface area contributed by atoms with Gasteiger partial charge in [0, 0.05) is 30.2 Å². The number of nitrogens with one attached hydrogen (secondary N) is 2. The van der Waals surface area contributed by atoms with Crippen molar-refractivity contribution in [2.24, 2.45) is 0 Å². The molecule has 0 saturated carbocycles. The summed E-state index contributed by atoms with van der Waals surface area (Å²) in [5, 5.41) is 2.89. The zero-order chi connectivity index (χ0) is 19.4. The number of morpholine rings is 1. The second-order valence-corrected chi connectivity index (χ2v) is 6.42. The predicted molar refractivity (Wildman–Crippen MR) is 104 cm³/mol. The summed E-state index contributed by atoms with van der Waals surface area (Å²) in [5.41, 5.74) is 3.92. The number of benzene rings is 1. The third kappa shape index (κ3) is 3.98. The predicted octanol–water partition coefficient (Wildman–Crippen LogP) is 2.76. The fourth-order valence-electron chi connectivity index (χ4n) is 3.30. The molecule has 0 radical (unpaired) electrons. The molecule has 7 nitrogen and oxygen atoms in total. The molecule has 0 atom stereocenters. The van der Waals surface area contributed by atoms with Crippen molar-refractivity contribution < 1.29 is 19.1 Å². The van der Waals surface area contributed by atoms with Crippen molar-refractivity contribution in [3.05, 3.63) is 46.8 Å². The highest BCUT2D eigenvalue weighted by Gasteiger charge is 2.23. The zero-order valence-electron chi connectivity index (χ0n) is 15.9. The lowest BCUT2D eigenvalue weighted by Crippen LogP contribution is -2.36. The van der Waals surface area contributed by atoms with Crippen LogP contribution in [0.5, 0.6) is 0 Å². The largest absolute Gasteiger partial charge is 0.465 e. The van der Waals surface area contributed by atoms with Crippen LogP contribution >= 0.6 is 0 Å². The Hall–Kier alpha value is -2.80. The second kappa shape index (κ2) is 8.26. The lowest BCUT2D eigenvalue weighted by Gasteiger charge is -2.28. The van der Waals surface area contributed by atoms with E-state index in [0.29, 0.717) is 34.6 Å². The van der Waals surface area contributed by atoms with Crippen LogP contribution < -0.4 is 10.2 Å². The number of carbonyl (C=O) groups is 2. The minimum absolute atomic E-state index is 0.281. The van der Waals surface area contributed by atoms with Crippen LogP contribution in [-0.2, 0) is 15.9 Å². The smallest absolute Gasteiger partial charge is 0.339 e. The number of anilines is 2. The van der Waals surface area contributed by atoms with Gasteiger partial charge in [-0.05, 0) is 43.2 Å². The Morgan fingerprint density at radius 2 is 1.89 bits per heavy atom. The van der Waals surface area contributed by atoms with Crippen molar-refractivity contribution in [3.63, 3.8) is 0 Å². The van der Waals surface area contributed by atoms with Crippen LogP contribution in [0.2, 0.25) is 0 Å². The maximum Gasteiger partial charge on any atom is 0.339 e. The van der Waals surface area contributed by atoms with Gasteiger partial charge in [-0.1, -0.05) is 6.92 Å². The van der Waals surface area contributed by atoms with E-state index in [-0.39, 0.29) is 5.91 Å². The van der Waals surface area contributed by atoms with Crippen LogP contribution in [0.15, 0.2) is 24.3 Å². The Morgan fingerprint density at radius 3 is 2.48 bits per heavy atom. The lowest BCUT2D eigenvalue weighted by atomic mass is 10.1. The summed E-state index contributed by atoms with van der Waals surface area (Å²) >= 11 is 0. The first-order valence-electron chi connectivity index (χ1n) is 9.09. The Morgan fingerprint density at radius 1 is 1.22 bits per heavy atom. The Balaban J connectivity index is 1.75. The maximum atomic E-state index is 12.7. The molecule has 1 aromatic heterocycles. The number of carbonyl (C=O) groups excluding carboxylic acids is 2. The molecular formula is C20H25N3O4. The SMILES string of the molecule is CCc1[nH]c(C(=O)Nc2ccc(N3CCOCC3)cc2)c(C)c1C(=O)OC. The topological polar surface area (TPSA) is 83.7 Å². The number of aromatic amines is 1. The Kier molecular flexibility index (Phi) is 5.81. The molecule has 0 bridgehead atoms. The van der Waals surface area contributed by atoms with Gasteiger partial charge in [0.2, 0.25) is 0 Å². The second-order valence-electron chi connectivity index (χ2n) is 6.42. The summed E-state index contributed by atoms with van der Waals surface area (Å²) in [4.78, 5) is 30.0. The molecule has 0 spiro atoms. The number of aryl methyl sites for hydroxylation is 1. The summed E-state index contributed by atoms with van der Waals surface area (Å²) in [6, 6.07) is 7.73. The molecule has 2 heterocycles. The molecule has 3 rings (SSSR count).